The summed E-state index contributed by atoms with van der Waals surface area (Å²) in [4.78, 5) is 22.7. The molecule has 0 saturated carbocycles. The van der Waals surface area contributed by atoms with Crippen LogP contribution in [0.15, 0.2) is 18.2 Å². The van der Waals surface area contributed by atoms with Crippen molar-refractivity contribution in [3.63, 3.8) is 0 Å². The first-order valence-electron chi connectivity index (χ1n) is 5.09. The van der Waals surface area contributed by atoms with Gasteiger partial charge >= 0.3 is 5.97 Å². The van der Waals surface area contributed by atoms with Gasteiger partial charge in [0.2, 0.25) is 0 Å². The summed E-state index contributed by atoms with van der Waals surface area (Å²) in [5.74, 6) is -0.443. The van der Waals surface area contributed by atoms with Gasteiger partial charge in [-0.25, -0.2) is 4.79 Å². The molecule has 0 bridgehead atoms. The van der Waals surface area contributed by atoms with Crippen molar-refractivity contribution >= 4 is 17.4 Å². The molecule has 0 aliphatic rings. The van der Waals surface area contributed by atoms with E-state index in [4.69, 9.17) is 10.5 Å². The number of benzene rings is 1. The first-order chi connectivity index (χ1) is 7.54. The highest BCUT2D eigenvalue weighted by Gasteiger charge is 2.13. The van der Waals surface area contributed by atoms with Gasteiger partial charge in [0.1, 0.15) is 5.78 Å². The summed E-state index contributed by atoms with van der Waals surface area (Å²) in [5.41, 5.74) is 7.11. The van der Waals surface area contributed by atoms with E-state index in [-0.39, 0.29) is 12.2 Å². The maximum atomic E-state index is 11.6. The number of hydrogen-bond acceptors (Lipinski definition) is 4. The van der Waals surface area contributed by atoms with E-state index >= 15 is 0 Å². The van der Waals surface area contributed by atoms with E-state index in [0.29, 0.717) is 23.4 Å². The fourth-order valence-corrected chi connectivity index (χ4v) is 1.42. The van der Waals surface area contributed by atoms with Crippen LogP contribution in [-0.2, 0) is 16.0 Å². The highest BCUT2D eigenvalue weighted by Crippen LogP contribution is 2.16. The third-order valence-corrected chi connectivity index (χ3v) is 2.07. The lowest BCUT2D eigenvalue weighted by Gasteiger charge is -2.08. The Bertz CT molecular complexity index is 413. The number of hydrogen-bond donors (Lipinski definition) is 1. The zero-order valence-electron chi connectivity index (χ0n) is 9.45. The number of esters is 1. The molecule has 0 saturated heterocycles. The minimum Gasteiger partial charge on any atom is -0.462 e. The molecule has 86 valence electrons. The van der Waals surface area contributed by atoms with E-state index < -0.39 is 5.97 Å². The van der Waals surface area contributed by atoms with Gasteiger partial charge in [0.15, 0.2) is 0 Å². The van der Waals surface area contributed by atoms with Gasteiger partial charge in [-0.1, -0.05) is 6.07 Å². The number of nitrogen functional groups attached to an aromatic ring is 1. The number of anilines is 1. The highest BCUT2D eigenvalue weighted by molar-refractivity contribution is 5.94. The second kappa shape index (κ2) is 5.30. The molecule has 0 spiro atoms. The lowest BCUT2D eigenvalue weighted by atomic mass is 10.0. The molecule has 2 N–H and O–H groups in total. The van der Waals surface area contributed by atoms with Gasteiger partial charge in [-0.3, -0.25) is 4.79 Å². The number of carbonyl (C=O) groups is 2. The molecule has 0 heterocycles. The highest BCUT2D eigenvalue weighted by atomic mass is 16.5. The Morgan fingerprint density at radius 1 is 1.38 bits per heavy atom. The first kappa shape index (κ1) is 12.2. The van der Waals surface area contributed by atoms with E-state index in [9.17, 15) is 9.59 Å². The van der Waals surface area contributed by atoms with E-state index in [2.05, 4.69) is 0 Å². The van der Waals surface area contributed by atoms with Crippen LogP contribution >= 0.6 is 0 Å². The molecular formula is C12H15NO3. The minimum atomic E-state index is -0.439. The van der Waals surface area contributed by atoms with Crippen molar-refractivity contribution in [1.29, 1.82) is 0 Å². The molecule has 0 unspecified atom stereocenters. The van der Waals surface area contributed by atoms with Crippen LogP contribution < -0.4 is 5.73 Å². The summed E-state index contributed by atoms with van der Waals surface area (Å²) in [6.07, 6.45) is 0.217. The van der Waals surface area contributed by atoms with Crippen LogP contribution in [0.1, 0.15) is 29.8 Å². The molecular weight excluding hydrogens is 206 g/mol. The molecule has 4 nitrogen and oxygen atoms in total. The number of nitrogens with two attached hydrogens (primary N) is 1. The van der Waals surface area contributed by atoms with Crippen LogP contribution in [0.3, 0.4) is 0 Å². The molecule has 1 rings (SSSR count). The van der Waals surface area contributed by atoms with Crippen LogP contribution in [0.4, 0.5) is 5.69 Å². The number of Topliss-reactive ketones (excluding diaryl/α,β-unsaturated/α-hetero) is 1. The predicted octanol–water partition coefficient (Wildman–Crippen LogP) is 1.58. The molecule has 0 amide bonds. The molecule has 0 aromatic heterocycles. The van der Waals surface area contributed by atoms with Gasteiger partial charge in [-0.2, -0.15) is 0 Å². The summed E-state index contributed by atoms with van der Waals surface area (Å²) < 4.78 is 4.90. The second-order valence-electron chi connectivity index (χ2n) is 3.52. The standard InChI is InChI=1S/C12H15NO3/c1-3-16-12(15)11-7-10(13)5-4-9(11)6-8(2)14/h4-5,7H,3,6,13H2,1-2H3. The molecule has 1 aromatic carbocycles. The fourth-order valence-electron chi connectivity index (χ4n) is 1.42. The molecule has 16 heavy (non-hydrogen) atoms. The van der Waals surface area contributed by atoms with Crippen LogP contribution in [-0.4, -0.2) is 18.4 Å². The summed E-state index contributed by atoms with van der Waals surface area (Å²) in [7, 11) is 0. The number of rotatable bonds is 4. The SMILES string of the molecule is CCOC(=O)c1cc(N)ccc1CC(C)=O. The molecule has 0 aliphatic carbocycles. The molecule has 0 atom stereocenters. The summed E-state index contributed by atoms with van der Waals surface area (Å²) >= 11 is 0. The van der Waals surface area contributed by atoms with Crippen molar-refractivity contribution < 1.29 is 14.3 Å². The minimum absolute atomic E-state index is 0.00433. The maximum absolute atomic E-state index is 11.6. The topological polar surface area (TPSA) is 69.4 Å². The summed E-state index contributed by atoms with van der Waals surface area (Å²) in [6, 6.07) is 4.89. The van der Waals surface area contributed by atoms with E-state index in [1.54, 1.807) is 19.1 Å². The zero-order chi connectivity index (χ0) is 12.1. The van der Waals surface area contributed by atoms with Crippen molar-refractivity contribution in [3.8, 4) is 0 Å². The third-order valence-electron chi connectivity index (χ3n) is 2.07. The third kappa shape index (κ3) is 3.08. The number of carbonyl (C=O) groups excluding carboxylic acids is 2. The lowest BCUT2D eigenvalue weighted by Crippen LogP contribution is -2.10. The Balaban J connectivity index is 3.07. The van der Waals surface area contributed by atoms with Crippen LogP contribution in [0.2, 0.25) is 0 Å². The smallest absolute Gasteiger partial charge is 0.338 e. The van der Waals surface area contributed by atoms with Crippen molar-refractivity contribution in [3.05, 3.63) is 29.3 Å². The first-order valence-corrected chi connectivity index (χ1v) is 5.09. The zero-order valence-corrected chi connectivity index (χ0v) is 9.45. The largest absolute Gasteiger partial charge is 0.462 e. The van der Waals surface area contributed by atoms with Gasteiger partial charge in [-0.15, -0.1) is 0 Å². The van der Waals surface area contributed by atoms with Crippen LogP contribution in [0.5, 0.6) is 0 Å². The van der Waals surface area contributed by atoms with Gasteiger partial charge in [0.05, 0.1) is 12.2 Å². The number of ether oxygens (including phenoxy) is 1. The van der Waals surface area contributed by atoms with E-state index in [1.165, 1.54) is 13.0 Å². The average molecular weight is 221 g/mol. The summed E-state index contributed by atoms with van der Waals surface area (Å²) in [6.45, 7) is 3.51. The normalized spacial score (nSPS) is 9.88. The van der Waals surface area contributed by atoms with Gasteiger partial charge < -0.3 is 10.5 Å². The van der Waals surface area contributed by atoms with Gasteiger partial charge in [0.25, 0.3) is 0 Å². The molecule has 0 radical (unpaired) electrons. The Morgan fingerprint density at radius 3 is 2.62 bits per heavy atom. The Hall–Kier alpha value is -1.84. The fraction of sp³-hybridized carbons (Fsp3) is 0.333. The second-order valence-corrected chi connectivity index (χ2v) is 3.52. The Labute approximate surface area is 94.4 Å². The molecule has 0 fully saturated rings. The Morgan fingerprint density at radius 2 is 2.06 bits per heavy atom. The van der Waals surface area contributed by atoms with Crippen molar-refractivity contribution in [1.82, 2.24) is 0 Å². The monoisotopic (exact) mass is 221 g/mol. The maximum Gasteiger partial charge on any atom is 0.338 e. The number of ketones is 1. The van der Waals surface area contributed by atoms with E-state index in [1.807, 2.05) is 0 Å². The van der Waals surface area contributed by atoms with Gasteiger partial charge in [0, 0.05) is 12.1 Å². The van der Waals surface area contributed by atoms with Crippen molar-refractivity contribution in [2.45, 2.75) is 20.3 Å². The predicted molar refractivity (Wildman–Crippen MR) is 61.2 cm³/mol. The Kier molecular flexibility index (Phi) is 4.05. The van der Waals surface area contributed by atoms with Gasteiger partial charge in [-0.05, 0) is 31.5 Å². The van der Waals surface area contributed by atoms with Crippen LogP contribution in [0, 0.1) is 0 Å². The molecule has 4 heteroatoms. The summed E-state index contributed by atoms with van der Waals surface area (Å²) in [5, 5.41) is 0. The van der Waals surface area contributed by atoms with Crippen molar-refractivity contribution in [2.75, 3.05) is 12.3 Å². The quantitative estimate of drug-likeness (QED) is 0.619. The lowest BCUT2D eigenvalue weighted by molar-refractivity contribution is -0.116. The van der Waals surface area contributed by atoms with Crippen molar-refractivity contribution in [2.24, 2.45) is 0 Å². The van der Waals surface area contributed by atoms with E-state index in [0.717, 1.165) is 0 Å². The molecule has 1 aromatic rings. The van der Waals surface area contributed by atoms with Crippen LogP contribution in [0.25, 0.3) is 0 Å². The molecule has 0 aliphatic heterocycles. The average Bonchev–Trinajstić information content (AvgIpc) is 2.20.